The van der Waals surface area contributed by atoms with Crippen molar-refractivity contribution >= 4 is 5.91 Å². The molecule has 0 N–H and O–H groups in total. The summed E-state index contributed by atoms with van der Waals surface area (Å²) in [6, 6.07) is 10.6. The molecule has 6 heteroatoms. The van der Waals surface area contributed by atoms with E-state index in [2.05, 4.69) is 34.3 Å². The van der Waals surface area contributed by atoms with E-state index in [4.69, 9.17) is 4.42 Å². The van der Waals surface area contributed by atoms with Crippen molar-refractivity contribution in [2.45, 2.75) is 32.1 Å². The molecule has 2 aromatic heterocycles. The third kappa shape index (κ3) is 3.65. The molecule has 1 aliphatic heterocycles. The summed E-state index contributed by atoms with van der Waals surface area (Å²) in [5.74, 6) is 1.47. The van der Waals surface area contributed by atoms with Gasteiger partial charge < -0.3 is 9.32 Å². The molecule has 3 aromatic rings. The number of rotatable bonds is 3. The zero-order valence-electron chi connectivity index (χ0n) is 15.8. The summed E-state index contributed by atoms with van der Waals surface area (Å²) in [4.78, 5) is 19.4. The Labute approximate surface area is 158 Å². The van der Waals surface area contributed by atoms with Gasteiger partial charge in [-0.1, -0.05) is 30.3 Å². The van der Waals surface area contributed by atoms with Crippen molar-refractivity contribution in [3.05, 3.63) is 59.7 Å². The van der Waals surface area contributed by atoms with Gasteiger partial charge in [0.05, 0.1) is 11.8 Å². The van der Waals surface area contributed by atoms with Crippen LogP contribution in [-0.4, -0.2) is 38.7 Å². The summed E-state index contributed by atoms with van der Waals surface area (Å²) in [5, 5.41) is 4.14. The van der Waals surface area contributed by atoms with Crippen LogP contribution in [0.4, 0.5) is 0 Å². The molecule has 0 bridgehead atoms. The number of hydrogen-bond donors (Lipinski definition) is 0. The number of carbonyl (C=O) groups is 1. The number of carbonyl (C=O) groups excluding carboxylic acids is 1. The van der Waals surface area contributed by atoms with Crippen molar-refractivity contribution in [2.24, 2.45) is 7.05 Å². The molecule has 3 heterocycles. The van der Waals surface area contributed by atoms with Gasteiger partial charge in [-0.15, -0.1) is 0 Å². The van der Waals surface area contributed by atoms with Crippen molar-refractivity contribution in [3.63, 3.8) is 0 Å². The van der Waals surface area contributed by atoms with Crippen LogP contribution in [0.15, 0.2) is 47.1 Å². The van der Waals surface area contributed by atoms with Crippen LogP contribution in [0.1, 0.15) is 47.0 Å². The Morgan fingerprint density at radius 2 is 2.00 bits per heavy atom. The molecule has 0 saturated carbocycles. The number of benzene rings is 1. The lowest BCUT2D eigenvalue weighted by atomic mass is 9.92. The van der Waals surface area contributed by atoms with Crippen molar-refractivity contribution in [1.82, 2.24) is 19.7 Å². The Morgan fingerprint density at radius 3 is 2.74 bits per heavy atom. The van der Waals surface area contributed by atoms with Gasteiger partial charge in [0.1, 0.15) is 5.76 Å². The van der Waals surface area contributed by atoms with Crippen molar-refractivity contribution < 1.29 is 9.21 Å². The molecular weight excluding hydrogens is 340 g/mol. The van der Waals surface area contributed by atoms with Crippen LogP contribution in [0.3, 0.4) is 0 Å². The molecule has 1 amide bonds. The molecule has 140 valence electrons. The molecule has 0 spiro atoms. The summed E-state index contributed by atoms with van der Waals surface area (Å²) in [6.45, 7) is 3.30. The monoisotopic (exact) mass is 364 g/mol. The maximum atomic E-state index is 13.0. The summed E-state index contributed by atoms with van der Waals surface area (Å²) in [6.07, 6.45) is 6.60. The lowest BCUT2D eigenvalue weighted by Gasteiger charge is -2.19. The lowest BCUT2D eigenvalue weighted by Crippen LogP contribution is -2.32. The summed E-state index contributed by atoms with van der Waals surface area (Å²) < 4.78 is 7.43. The maximum Gasteiger partial charge on any atom is 0.276 e. The van der Waals surface area contributed by atoms with Gasteiger partial charge in [0, 0.05) is 26.3 Å². The minimum Gasteiger partial charge on any atom is -0.440 e. The van der Waals surface area contributed by atoms with Crippen LogP contribution >= 0.6 is 0 Å². The van der Waals surface area contributed by atoms with E-state index in [-0.39, 0.29) is 5.91 Å². The highest BCUT2D eigenvalue weighted by Gasteiger charge is 2.26. The van der Waals surface area contributed by atoms with Crippen molar-refractivity contribution in [3.8, 4) is 11.5 Å². The molecule has 1 aliphatic rings. The van der Waals surface area contributed by atoms with Crippen LogP contribution in [-0.2, 0) is 7.05 Å². The fourth-order valence-corrected chi connectivity index (χ4v) is 3.76. The Hall–Kier alpha value is -2.89. The molecule has 1 fully saturated rings. The zero-order chi connectivity index (χ0) is 18.8. The molecule has 1 unspecified atom stereocenters. The minimum absolute atomic E-state index is 0.0416. The Kier molecular flexibility index (Phi) is 4.79. The second-order valence-electron chi connectivity index (χ2n) is 7.16. The number of amides is 1. The molecule has 1 atom stereocenters. The first-order valence-electron chi connectivity index (χ1n) is 9.42. The minimum atomic E-state index is -0.0416. The number of hydrogen-bond acceptors (Lipinski definition) is 4. The standard InChI is InChI=1S/C21H24N4O2/c1-15-19(23-20(27-15)18-13-22-24(2)14-18)21(26)25-11-6-9-17(10-12-25)16-7-4-3-5-8-16/h3-5,7-8,13-14,17H,6,9-12H2,1-2H3. The topological polar surface area (TPSA) is 64.2 Å². The van der Waals surface area contributed by atoms with E-state index in [0.717, 1.165) is 37.9 Å². The van der Waals surface area contributed by atoms with Gasteiger partial charge in [0.2, 0.25) is 5.89 Å². The SMILES string of the molecule is Cc1oc(-c2cnn(C)c2)nc1C(=O)N1CCCC(c2ccccc2)CC1. The number of aryl methyl sites for hydroxylation is 2. The fraction of sp³-hybridized carbons (Fsp3) is 0.381. The Morgan fingerprint density at radius 1 is 1.19 bits per heavy atom. The normalized spacial score (nSPS) is 17.7. The molecule has 4 rings (SSSR count). The molecule has 0 radical (unpaired) electrons. The second-order valence-corrected chi connectivity index (χ2v) is 7.16. The molecule has 6 nitrogen and oxygen atoms in total. The van der Waals surface area contributed by atoms with E-state index in [1.807, 2.05) is 24.2 Å². The van der Waals surface area contributed by atoms with E-state index in [1.54, 1.807) is 17.8 Å². The van der Waals surface area contributed by atoms with E-state index < -0.39 is 0 Å². The van der Waals surface area contributed by atoms with Crippen molar-refractivity contribution in [1.29, 1.82) is 0 Å². The van der Waals surface area contributed by atoms with Gasteiger partial charge in [0.15, 0.2) is 5.69 Å². The van der Waals surface area contributed by atoms with Crippen molar-refractivity contribution in [2.75, 3.05) is 13.1 Å². The van der Waals surface area contributed by atoms with E-state index in [1.165, 1.54) is 5.56 Å². The Bertz CT molecular complexity index is 929. The largest absolute Gasteiger partial charge is 0.440 e. The van der Waals surface area contributed by atoms with E-state index in [0.29, 0.717) is 23.3 Å². The van der Waals surface area contributed by atoms with Crippen LogP contribution < -0.4 is 0 Å². The summed E-state index contributed by atoms with van der Waals surface area (Å²) in [5.41, 5.74) is 2.55. The molecule has 27 heavy (non-hydrogen) atoms. The van der Waals surface area contributed by atoms with Crippen LogP contribution in [0.25, 0.3) is 11.5 Å². The molecule has 1 saturated heterocycles. The number of likely N-dealkylation sites (tertiary alicyclic amines) is 1. The highest BCUT2D eigenvalue weighted by Crippen LogP contribution is 2.29. The number of aromatic nitrogens is 3. The van der Waals surface area contributed by atoms with Crippen LogP contribution in [0.5, 0.6) is 0 Å². The number of nitrogens with zero attached hydrogens (tertiary/aromatic N) is 4. The smallest absolute Gasteiger partial charge is 0.276 e. The maximum absolute atomic E-state index is 13.0. The number of oxazole rings is 1. The summed E-state index contributed by atoms with van der Waals surface area (Å²) in [7, 11) is 1.84. The van der Waals surface area contributed by atoms with E-state index >= 15 is 0 Å². The first kappa shape index (κ1) is 17.5. The Balaban J connectivity index is 1.49. The first-order valence-corrected chi connectivity index (χ1v) is 9.42. The lowest BCUT2D eigenvalue weighted by molar-refractivity contribution is 0.0754. The van der Waals surface area contributed by atoms with Crippen LogP contribution in [0, 0.1) is 6.92 Å². The molecular formula is C21H24N4O2. The van der Waals surface area contributed by atoms with Gasteiger partial charge in [-0.25, -0.2) is 4.98 Å². The third-order valence-corrected chi connectivity index (χ3v) is 5.24. The quantitative estimate of drug-likeness (QED) is 0.709. The van der Waals surface area contributed by atoms with Gasteiger partial charge in [0.25, 0.3) is 5.91 Å². The molecule has 0 aliphatic carbocycles. The van der Waals surface area contributed by atoms with Gasteiger partial charge in [-0.05, 0) is 37.7 Å². The van der Waals surface area contributed by atoms with E-state index in [9.17, 15) is 4.79 Å². The third-order valence-electron chi connectivity index (χ3n) is 5.24. The average molecular weight is 364 g/mol. The van der Waals surface area contributed by atoms with Gasteiger partial charge >= 0.3 is 0 Å². The zero-order valence-corrected chi connectivity index (χ0v) is 15.8. The predicted molar refractivity (Wildman–Crippen MR) is 102 cm³/mol. The molecule has 1 aromatic carbocycles. The predicted octanol–water partition coefficient (Wildman–Crippen LogP) is 3.79. The first-order chi connectivity index (χ1) is 13.1. The highest BCUT2D eigenvalue weighted by atomic mass is 16.4. The fourth-order valence-electron chi connectivity index (χ4n) is 3.76. The summed E-state index contributed by atoms with van der Waals surface area (Å²) >= 11 is 0. The second kappa shape index (κ2) is 7.39. The van der Waals surface area contributed by atoms with Crippen LogP contribution in [0.2, 0.25) is 0 Å². The van der Waals surface area contributed by atoms with Gasteiger partial charge in [-0.2, -0.15) is 5.10 Å². The van der Waals surface area contributed by atoms with Gasteiger partial charge in [-0.3, -0.25) is 9.48 Å². The average Bonchev–Trinajstić information content (AvgIpc) is 3.19. The highest BCUT2D eigenvalue weighted by molar-refractivity contribution is 5.93.